The van der Waals surface area contributed by atoms with Crippen LogP contribution in [0.2, 0.25) is 0 Å². The number of hydroxylamine groups is 2. The Morgan fingerprint density at radius 2 is 2.36 bits per heavy atom. The number of nitrogens with two attached hydrogens (primary N) is 1. The lowest BCUT2D eigenvalue weighted by Gasteiger charge is -2.12. The van der Waals surface area contributed by atoms with Gasteiger partial charge in [0.05, 0.1) is 0 Å². The van der Waals surface area contributed by atoms with Crippen LogP contribution in [0.1, 0.15) is 0 Å². The van der Waals surface area contributed by atoms with E-state index in [2.05, 4.69) is 5.16 Å². The predicted octanol–water partition coefficient (Wildman–Crippen LogP) is -1.78. The van der Waals surface area contributed by atoms with Crippen molar-refractivity contribution in [3.8, 4) is 0 Å². The van der Waals surface area contributed by atoms with Gasteiger partial charge in [-0.3, -0.25) is 4.94 Å². The van der Waals surface area contributed by atoms with E-state index in [1.165, 1.54) is 5.06 Å². The van der Waals surface area contributed by atoms with Crippen molar-refractivity contribution in [2.75, 3.05) is 7.05 Å². The number of oxime groups is 1. The van der Waals surface area contributed by atoms with Gasteiger partial charge >= 0.3 is 0 Å². The van der Waals surface area contributed by atoms with Crippen LogP contribution in [0.15, 0.2) is 5.16 Å². The highest BCUT2D eigenvalue weighted by Gasteiger charge is 2.50. The van der Waals surface area contributed by atoms with Gasteiger partial charge in [0, 0.05) is 7.05 Å². The number of epoxide rings is 1. The first-order chi connectivity index (χ1) is 5.20. The van der Waals surface area contributed by atoms with Crippen LogP contribution >= 0.6 is 0 Å². The minimum atomic E-state index is -0.724. The van der Waals surface area contributed by atoms with Crippen LogP contribution in [0.4, 0.5) is 0 Å². The third-order valence-electron chi connectivity index (χ3n) is 1.78. The average molecular weight is 159 g/mol. The number of likely N-dealkylation sites (N-methyl/N-ethyl adjacent to an activating group) is 1. The highest BCUT2D eigenvalue weighted by atomic mass is 16.8. The van der Waals surface area contributed by atoms with Crippen LogP contribution in [0.5, 0.6) is 0 Å². The molecule has 0 saturated carbocycles. The zero-order valence-electron chi connectivity index (χ0n) is 5.97. The van der Waals surface area contributed by atoms with Gasteiger partial charge in [-0.25, -0.2) is 0 Å². The molecule has 0 amide bonds. The lowest BCUT2D eigenvalue weighted by Crippen LogP contribution is -2.41. The van der Waals surface area contributed by atoms with Gasteiger partial charge in [0.2, 0.25) is 0 Å². The number of hydrogen-bond acceptors (Lipinski definition) is 6. The summed E-state index contributed by atoms with van der Waals surface area (Å²) >= 11 is 0. The Balaban J connectivity index is 2.06. The van der Waals surface area contributed by atoms with Crippen molar-refractivity contribution < 1.29 is 14.8 Å². The average Bonchev–Trinajstić information content (AvgIpc) is 2.54. The monoisotopic (exact) mass is 159 g/mol. The second kappa shape index (κ2) is 2.07. The van der Waals surface area contributed by atoms with Gasteiger partial charge in [0.25, 0.3) is 0 Å². The Hall–Kier alpha value is -0.850. The Bertz CT molecular complexity index is 207. The molecule has 6 nitrogen and oxygen atoms in total. The largest absolute Gasteiger partial charge is 0.383 e. The molecule has 0 aromatic rings. The third kappa shape index (κ3) is 0.953. The van der Waals surface area contributed by atoms with Crippen molar-refractivity contribution in [2.24, 2.45) is 10.9 Å². The first-order valence-corrected chi connectivity index (χ1v) is 3.27. The van der Waals surface area contributed by atoms with Crippen LogP contribution in [-0.2, 0) is 9.68 Å². The molecule has 0 aromatic heterocycles. The maximum atomic E-state index is 8.91. The number of aliphatic hydroxyl groups is 1. The van der Waals surface area contributed by atoms with Crippen molar-refractivity contribution in [3.05, 3.63) is 0 Å². The molecule has 2 aliphatic rings. The van der Waals surface area contributed by atoms with Crippen LogP contribution in [0, 0.1) is 0 Å². The summed E-state index contributed by atoms with van der Waals surface area (Å²) in [7, 11) is 1.68. The van der Waals surface area contributed by atoms with E-state index in [1.807, 2.05) is 0 Å². The van der Waals surface area contributed by atoms with Crippen molar-refractivity contribution in [1.82, 2.24) is 5.06 Å². The second-order valence-corrected chi connectivity index (χ2v) is 2.58. The number of amidine groups is 1. The van der Waals surface area contributed by atoms with Gasteiger partial charge in [-0.2, -0.15) is 0 Å². The van der Waals surface area contributed by atoms with Gasteiger partial charge in [0.1, 0.15) is 12.1 Å². The summed E-state index contributed by atoms with van der Waals surface area (Å²) in [4.78, 5) is 4.73. The van der Waals surface area contributed by atoms with Crippen molar-refractivity contribution in [2.45, 2.75) is 18.4 Å². The molecule has 0 aliphatic carbocycles. The van der Waals surface area contributed by atoms with Crippen LogP contribution < -0.4 is 5.73 Å². The molecule has 0 aromatic carbocycles. The zero-order chi connectivity index (χ0) is 8.01. The summed E-state index contributed by atoms with van der Waals surface area (Å²) in [6.07, 6.45) is -1.01. The lowest BCUT2D eigenvalue weighted by molar-refractivity contribution is -0.135. The zero-order valence-corrected chi connectivity index (χ0v) is 5.97. The molecule has 11 heavy (non-hydrogen) atoms. The van der Waals surface area contributed by atoms with Crippen LogP contribution in [0.3, 0.4) is 0 Å². The number of nitrogens with zero attached hydrogens (tertiary/aromatic N) is 2. The summed E-state index contributed by atoms with van der Waals surface area (Å²) < 4.78 is 4.81. The SMILES string of the molecule is CN1ON=C(N)C1C1OC1O. The number of ether oxygens (including phenoxy) is 1. The Kier molecular flexibility index (Phi) is 1.28. The lowest BCUT2D eigenvalue weighted by atomic mass is 10.2. The maximum absolute atomic E-state index is 8.91. The van der Waals surface area contributed by atoms with Crippen LogP contribution in [-0.4, -0.2) is 41.5 Å². The Labute approximate surface area is 63.1 Å². The van der Waals surface area contributed by atoms with Crippen molar-refractivity contribution >= 4 is 5.84 Å². The Morgan fingerprint density at radius 1 is 1.73 bits per heavy atom. The summed E-state index contributed by atoms with van der Waals surface area (Å²) in [6.45, 7) is 0. The van der Waals surface area contributed by atoms with E-state index in [1.54, 1.807) is 7.05 Å². The molecule has 0 spiro atoms. The predicted molar refractivity (Wildman–Crippen MR) is 35.1 cm³/mol. The topological polar surface area (TPSA) is 83.6 Å². The van der Waals surface area contributed by atoms with Crippen molar-refractivity contribution in [1.29, 1.82) is 0 Å². The first-order valence-electron chi connectivity index (χ1n) is 3.27. The summed E-state index contributed by atoms with van der Waals surface area (Å²) in [5, 5.41) is 13.9. The maximum Gasteiger partial charge on any atom is 0.184 e. The van der Waals surface area contributed by atoms with Gasteiger partial charge in [-0.1, -0.05) is 0 Å². The summed E-state index contributed by atoms with van der Waals surface area (Å²) in [6, 6.07) is -0.245. The van der Waals surface area contributed by atoms with Gasteiger partial charge < -0.3 is 15.6 Å². The smallest absolute Gasteiger partial charge is 0.184 e. The molecule has 3 N–H and O–H groups in total. The summed E-state index contributed by atoms with van der Waals surface area (Å²) in [5.74, 6) is 0.342. The van der Waals surface area contributed by atoms with E-state index < -0.39 is 6.29 Å². The molecule has 62 valence electrons. The highest BCUT2D eigenvalue weighted by Crippen LogP contribution is 2.27. The molecule has 3 atom stereocenters. The van der Waals surface area contributed by atoms with E-state index in [-0.39, 0.29) is 12.1 Å². The normalized spacial score (nSPS) is 43.5. The fourth-order valence-corrected chi connectivity index (χ4v) is 1.12. The molecular formula is C5H9N3O3. The number of rotatable bonds is 1. The van der Waals surface area contributed by atoms with E-state index in [0.29, 0.717) is 5.84 Å². The van der Waals surface area contributed by atoms with E-state index in [0.717, 1.165) is 0 Å². The van der Waals surface area contributed by atoms with E-state index >= 15 is 0 Å². The van der Waals surface area contributed by atoms with E-state index in [9.17, 15) is 0 Å². The van der Waals surface area contributed by atoms with Gasteiger partial charge in [-0.15, -0.1) is 5.06 Å². The Morgan fingerprint density at radius 3 is 2.73 bits per heavy atom. The molecule has 0 bridgehead atoms. The molecule has 0 radical (unpaired) electrons. The highest BCUT2D eigenvalue weighted by molar-refractivity contribution is 5.87. The third-order valence-corrected chi connectivity index (χ3v) is 1.78. The molecule has 2 heterocycles. The summed E-state index contributed by atoms with van der Waals surface area (Å²) in [5.41, 5.74) is 5.46. The van der Waals surface area contributed by atoms with Crippen molar-refractivity contribution in [3.63, 3.8) is 0 Å². The molecular weight excluding hydrogens is 150 g/mol. The molecule has 1 fully saturated rings. The molecule has 2 rings (SSSR count). The molecule has 6 heteroatoms. The number of hydrogen-bond donors (Lipinski definition) is 2. The van der Waals surface area contributed by atoms with Crippen LogP contribution in [0.25, 0.3) is 0 Å². The fourth-order valence-electron chi connectivity index (χ4n) is 1.12. The first kappa shape index (κ1) is 6.84. The standard InChI is InChI=1S/C5H9N3O3/c1-8-2(3-5(9)10-3)4(6)7-11-8/h2-3,5,9H,1H3,(H2,6,7). The minimum absolute atomic E-state index is 0.245. The minimum Gasteiger partial charge on any atom is -0.383 e. The quantitative estimate of drug-likeness (QED) is 0.442. The number of aliphatic hydroxyl groups excluding tert-OH is 1. The van der Waals surface area contributed by atoms with Gasteiger partial charge in [0.15, 0.2) is 12.1 Å². The fraction of sp³-hybridized carbons (Fsp3) is 0.800. The molecule has 3 unspecified atom stereocenters. The second-order valence-electron chi connectivity index (χ2n) is 2.58. The van der Waals surface area contributed by atoms with Gasteiger partial charge in [-0.05, 0) is 5.16 Å². The molecule has 1 saturated heterocycles. The van der Waals surface area contributed by atoms with E-state index in [4.69, 9.17) is 20.5 Å². The molecule has 2 aliphatic heterocycles.